The summed E-state index contributed by atoms with van der Waals surface area (Å²) in [6.45, 7) is 7.70. The summed E-state index contributed by atoms with van der Waals surface area (Å²) in [4.78, 5) is 2.60. The third kappa shape index (κ3) is 3.25. The van der Waals surface area contributed by atoms with Gasteiger partial charge in [-0.15, -0.1) is 12.4 Å². The quantitative estimate of drug-likeness (QED) is 0.909. The highest BCUT2D eigenvalue weighted by Gasteiger charge is 2.35. The van der Waals surface area contributed by atoms with Gasteiger partial charge in [0.1, 0.15) is 0 Å². The Morgan fingerprint density at radius 2 is 2.00 bits per heavy atom. The Hall–Kier alpha value is -0.570. The molecule has 2 nitrogen and oxygen atoms in total. The first-order valence-electron chi connectivity index (χ1n) is 6.67. The normalized spacial score (nSPS) is 25.7. The van der Waals surface area contributed by atoms with Gasteiger partial charge in [-0.1, -0.05) is 44.2 Å². The van der Waals surface area contributed by atoms with Crippen LogP contribution >= 0.6 is 12.4 Å². The van der Waals surface area contributed by atoms with Crippen LogP contribution in [0, 0.1) is 5.41 Å². The van der Waals surface area contributed by atoms with E-state index in [1.54, 1.807) is 0 Å². The molecule has 0 saturated carbocycles. The lowest BCUT2D eigenvalue weighted by Crippen LogP contribution is -2.33. The minimum atomic E-state index is 0. The van der Waals surface area contributed by atoms with E-state index < -0.39 is 0 Å². The predicted molar refractivity (Wildman–Crippen MR) is 80.1 cm³/mol. The fraction of sp³-hybridized carbons (Fsp3) is 0.600. The van der Waals surface area contributed by atoms with E-state index in [1.807, 2.05) is 0 Å². The van der Waals surface area contributed by atoms with E-state index in [4.69, 9.17) is 5.73 Å². The monoisotopic (exact) mass is 268 g/mol. The Kier molecular flexibility index (Phi) is 5.64. The lowest BCUT2D eigenvalue weighted by molar-refractivity contribution is 0.209. The van der Waals surface area contributed by atoms with Gasteiger partial charge in [-0.3, -0.25) is 4.90 Å². The maximum absolute atomic E-state index is 5.88. The first kappa shape index (κ1) is 15.5. The molecule has 1 heterocycles. The third-order valence-electron chi connectivity index (χ3n) is 4.09. The van der Waals surface area contributed by atoms with Gasteiger partial charge in [0.05, 0.1) is 0 Å². The van der Waals surface area contributed by atoms with E-state index in [2.05, 4.69) is 49.1 Å². The number of hydrogen-bond donors (Lipinski definition) is 1. The van der Waals surface area contributed by atoms with E-state index in [1.165, 1.54) is 24.9 Å². The molecule has 0 amide bonds. The molecule has 2 rings (SSSR count). The highest BCUT2D eigenvalue weighted by Crippen LogP contribution is 2.35. The molecule has 1 saturated heterocycles. The molecule has 0 bridgehead atoms. The fourth-order valence-electron chi connectivity index (χ4n) is 2.87. The van der Waals surface area contributed by atoms with E-state index in [9.17, 15) is 0 Å². The molecule has 0 radical (unpaired) electrons. The van der Waals surface area contributed by atoms with Crippen molar-refractivity contribution < 1.29 is 0 Å². The molecule has 2 unspecified atom stereocenters. The summed E-state index contributed by atoms with van der Waals surface area (Å²) in [5.74, 6) is 0. The van der Waals surface area contributed by atoms with E-state index >= 15 is 0 Å². The number of nitrogens with zero attached hydrogens (tertiary/aromatic N) is 1. The van der Waals surface area contributed by atoms with Crippen LogP contribution in [0.15, 0.2) is 30.3 Å². The fourth-order valence-corrected chi connectivity index (χ4v) is 2.87. The average Bonchev–Trinajstić information content (AvgIpc) is 2.75. The van der Waals surface area contributed by atoms with Gasteiger partial charge in [0, 0.05) is 12.6 Å². The van der Waals surface area contributed by atoms with Crippen LogP contribution < -0.4 is 5.73 Å². The van der Waals surface area contributed by atoms with Gasteiger partial charge in [-0.2, -0.15) is 0 Å². The molecular formula is C15H25ClN2. The number of nitrogens with two attached hydrogens (primary N) is 1. The van der Waals surface area contributed by atoms with Crippen LogP contribution in [-0.2, 0) is 0 Å². The molecule has 0 aromatic heterocycles. The SMILES string of the molecule is CCC(c1ccccc1)N1CCC(C)(CN)C1.Cl. The van der Waals surface area contributed by atoms with Crippen molar-refractivity contribution in [2.75, 3.05) is 19.6 Å². The van der Waals surface area contributed by atoms with E-state index in [0.29, 0.717) is 11.5 Å². The molecule has 1 fully saturated rings. The standard InChI is InChI=1S/C15H24N2.ClH/c1-3-14(13-7-5-4-6-8-13)17-10-9-15(2,11-16)12-17;/h4-8,14H,3,9-12,16H2,1-2H3;1H. The van der Waals surface area contributed by atoms with Gasteiger partial charge in [-0.05, 0) is 36.9 Å². The number of halogens is 1. The van der Waals surface area contributed by atoms with Crippen molar-refractivity contribution in [3.8, 4) is 0 Å². The molecule has 3 heteroatoms. The lowest BCUT2D eigenvalue weighted by atomic mass is 9.90. The molecule has 1 aliphatic heterocycles. The van der Waals surface area contributed by atoms with Crippen molar-refractivity contribution in [1.82, 2.24) is 4.90 Å². The second-order valence-corrected chi connectivity index (χ2v) is 5.57. The maximum Gasteiger partial charge on any atom is 0.0345 e. The zero-order valence-corrected chi connectivity index (χ0v) is 12.2. The van der Waals surface area contributed by atoms with Crippen LogP contribution in [0.1, 0.15) is 38.3 Å². The number of rotatable bonds is 4. The molecule has 1 aromatic rings. The summed E-state index contributed by atoms with van der Waals surface area (Å²) >= 11 is 0. The predicted octanol–water partition coefficient (Wildman–Crippen LogP) is 3.23. The lowest BCUT2D eigenvalue weighted by Gasteiger charge is -2.29. The van der Waals surface area contributed by atoms with Gasteiger partial charge in [0.25, 0.3) is 0 Å². The first-order valence-corrected chi connectivity index (χ1v) is 6.67. The number of benzene rings is 1. The molecule has 0 spiro atoms. The molecule has 18 heavy (non-hydrogen) atoms. The summed E-state index contributed by atoms with van der Waals surface area (Å²) in [7, 11) is 0. The average molecular weight is 269 g/mol. The zero-order valence-electron chi connectivity index (χ0n) is 11.4. The third-order valence-corrected chi connectivity index (χ3v) is 4.09. The molecule has 1 aromatic carbocycles. The minimum Gasteiger partial charge on any atom is -0.330 e. The van der Waals surface area contributed by atoms with Crippen molar-refractivity contribution >= 4 is 12.4 Å². The van der Waals surface area contributed by atoms with E-state index in [-0.39, 0.29) is 12.4 Å². The van der Waals surface area contributed by atoms with Crippen LogP contribution in [0.5, 0.6) is 0 Å². The van der Waals surface area contributed by atoms with E-state index in [0.717, 1.165) is 13.1 Å². The Morgan fingerprint density at radius 1 is 1.33 bits per heavy atom. The second kappa shape index (κ2) is 6.55. The van der Waals surface area contributed by atoms with Gasteiger partial charge >= 0.3 is 0 Å². The van der Waals surface area contributed by atoms with Crippen molar-refractivity contribution in [1.29, 1.82) is 0 Å². The Labute approximate surface area is 117 Å². The molecule has 2 N–H and O–H groups in total. The van der Waals surface area contributed by atoms with Gasteiger partial charge in [0.15, 0.2) is 0 Å². The van der Waals surface area contributed by atoms with Crippen LogP contribution in [0.4, 0.5) is 0 Å². The summed E-state index contributed by atoms with van der Waals surface area (Å²) in [5, 5.41) is 0. The molecule has 2 atom stereocenters. The zero-order chi connectivity index (χ0) is 12.3. The Balaban J connectivity index is 0.00000162. The summed E-state index contributed by atoms with van der Waals surface area (Å²) < 4.78 is 0. The maximum atomic E-state index is 5.88. The highest BCUT2D eigenvalue weighted by molar-refractivity contribution is 5.85. The second-order valence-electron chi connectivity index (χ2n) is 5.57. The van der Waals surface area contributed by atoms with Crippen molar-refractivity contribution in [3.63, 3.8) is 0 Å². The molecule has 0 aliphatic carbocycles. The van der Waals surface area contributed by atoms with Crippen LogP contribution in [0.25, 0.3) is 0 Å². The topological polar surface area (TPSA) is 29.3 Å². The number of likely N-dealkylation sites (tertiary alicyclic amines) is 1. The number of hydrogen-bond acceptors (Lipinski definition) is 2. The molecular weight excluding hydrogens is 244 g/mol. The summed E-state index contributed by atoms with van der Waals surface area (Å²) in [5.41, 5.74) is 7.65. The van der Waals surface area contributed by atoms with Crippen LogP contribution in [-0.4, -0.2) is 24.5 Å². The van der Waals surface area contributed by atoms with Crippen LogP contribution in [0.2, 0.25) is 0 Å². The largest absolute Gasteiger partial charge is 0.330 e. The molecule has 102 valence electrons. The van der Waals surface area contributed by atoms with Crippen LogP contribution in [0.3, 0.4) is 0 Å². The highest BCUT2D eigenvalue weighted by atomic mass is 35.5. The Morgan fingerprint density at radius 3 is 2.50 bits per heavy atom. The van der Waals surface area contributed by atoms with Crippen molar-refractivity contribution in [3.05, 3.63) is 35.9 Å². The minimum absolute atomic E-state index is 0. The van der Waals surface area contributed by atoms with Crippen molar-refractivity contribution in [2.24, 2.45) is 11.1 Å². The summed E-state index contributed by atoms with van der Waals surface area (Å²) in [6, 6.07) is 11.4. The molecule has 1 aliphatic rings. The first-order chi connectivity index (χ1) is 8.18. The Bertz CT molecular complexity index is 355. The van der Waals surface area contributed by atoms with Gasteiger partial charge in [0.2, 0.25) is 0 Å². The van der Waals surface area contributed by atoms with Crippen molar-refractivity contribution in [2.45, 2.75) is 32.7 Å². The van der Waals surface area contributed by atoms with Gasteiger partial charge < -0.3 is 5.73 Å². The summed E-state index contributed by atoms with van der Waals surface area (Å²) in [6.07, 6.45) is 2.40. The smallest absolute Gasteiger partial charge is 0.0345 e. The van der Waals surface area contributed by atoms with Gasteiger partial charge in [-0.25, -0.2) is 0 Å².